The molecule has 0 radical (unpaired) electrons. The van der Waals surface area contributed by atoms with Gasteiger partial charge in [-0.25, -0.2) is 0 Å². The molecule has 154 valence electrons. The average molecular weight is 412 g/mol. The molecule has 1 saturated heterocycles. The summed E-state index contributed by atoms with van der Waals surface area (Å²) in [5.41, 5.74) is 1.08. The molecule has 0 bridgehead atoms. The molecule has 3 aromatic carbocycles. The largest absolute Gasteiger partial charge is 0.497 e. The normalized spacial score (nSPS) is 22.7. The first-order chi connectivity index (χ1) is 14.4. The lowest BCUT2D eigenvalue weighted by molar-refractivity contribution is -0.354. The highest BCUT2D eigenvalue weighted by Crippen LogP contribution is 2.55. The number of hydrogen-bond donors (Lipinski definition) is 0. The average Bonchev–Trinajstić information content (AvgIpc) is 3.16. The van der Waals surface area contributed by atoms with Crippen LogP contribution in [0.25, 0.3) is 6.08 Å². The summed E-state index contributed by atoms with van der Waals surface area (Å²) < 4.78 is 59.6. The van der Waals surface area contributed by atoms with Crippen LogP contribution in [0.3, 0.4) is 0 Å². The van der Waals surface area contributed by atoms with Gasteiger partial charge in [0.05, 0.1) is 7.11 Å². The molecule has 1 aliphatic rings. The molecule has 0 aliphatic carbocycles. The fourth-order valence-corrected chi connectivity index (χ4v) is 3.40. The zero-order valence-corrected chi connectivity index (χ0v) is 16.1. The molecular weight excluding hydrogens is 393 g/mol. The molecule has 2 atom stereocenters. The highest BCUT2D eigenvalue weighted by Gasteiger charge is 2.65. The van der Waals surface area contributed by atoms with E-state index in [1.807, 2.05) is 6.07 Å². The van der Waals surface area contributed by atoms with Gasteiger partial charge in [-0.15, -0.1) is 0 Å². The maximum atomic E-state index is 14.3. The van der Waals surface area contributed by atoms with Crippen molar-refractivity contribution in [2.75, 3.05) is 7.11 Å². The van der Waals surface area contributed by atoms with Crippen LogP contribution >= 0.6 is 0 Å². The van der Waals surface area contributed by atoms with E-state index in [-0.39, 0.29) is 11.3 Å². The third-order valence-corrected chi connectivity index (χ3v) is 4.84. The van der Waals surface area contributed by atoms with Crippen LogP contribution in [0.1, 0.15) is 22.8 Å². The molecule has 1 heterocycles. The number of halogens is 3. The van der Waals surface area contributed by atoms with E-state index in [2.05, 4.69) is 0 Å². The number of benzene rings is 3. The molecule has 0 aromatic heterocycles. The summed E-state index contributed by atoms with van der Waals surface area (Å²) in [6.45, 7) is 0. The van der Waals surface area contributed by atoms with Crippen molar-refractivity contribution in [1.82, 2.24) is 0 Å². The monoisotopic (exact) mass is 412 g/mol. The molecular formula is C24H19F3O3. The summed E-state index contributed by atoms with van der Waals surface area (Å²) in [5, 5.41) is 0. The number of methoxy groups -OCH3 is 1. The summed E-state index contributed by atoms with van der Waals surface area (Å²) in [7, 11) is 1.50. The van der Waals surface area contributed by atoms with E-state index in [0.29, 0.717) is 16.9 Å². The van der Waals surface area contributed by atoms with E-state index in [9.17, 15) is 13.2 Å². The molecule has 0 saturated carbocycles. The minimum absolute atomic E-state index is 0.0654. The molecule has 4 rings (SSSR count). The Morgan fingerprint density at radius 2 is 1.57 bits per heavy atom. The first-order valence-electron chi connectivity index (χ1n) is 9.32. The third kappa shape index (κ3) is 3.66. The number of alkyl halides is 3. The van der Waals surface area contributed by atoms with Gasteiger partial charge in [0.2, 0.25) is 0 Å². The molecule has 3 aromatic rings. The minimum Gasteiger partial charge on any atom is -0.497 e. The predicted molar refractivity (Wildman–Crippen MR) is 106 cm³/mol. The molecule has 3 nitrogen and oxygen atoms in total. The highest BCUT2D eigenvalue weighted by atomic mass is 19.4. The zero-order chi connectivity index (χ0) is 21.2. The Kier molecular flexibility index (Phi) is 5.26. The lowest BCUT2D eigenvalue weighted by Crippen LogP contribution is -2.43. The first kappa shape index (κ1) is 20.0. The topological polar surface area (TPSA) is 27.7 Å². The van der Waals surface area contributed by atoms with E-state index in [1.54, 1.807) is 60.7 Å². The first-order valence-corrected chi connectivity index (χ1v) is 9.32. The van der Waals surface area contributed by atoms with Gasteiger partial charge in [-0.05, 0) is 29.3 Å². The Balaban J connectivity index is 1.87. The van der Waals surface area contributed by atoms with Gasteiger partial charge in [-0.1, -0.05) is 72.8 Å². The number of rotatable bonds is 4. The molecule has 0 spiro atoms. The van der Waals surface area contributed by atoms with Crippen molar-refractivity contribution in [2.24, 2.45) is 0 Å². The molecule has 30 heavy (non-hydrogen) atoms. The Hall–Kier alpha value is -3.25. The van der Waals surface area contributed by atoms with Crippen molar-refractivity contribution in [3.8, 4) is 5.75 Å². The van der Waals surface area contributed by atoms with Gasteiger partial charge in [0.25, 0.3) is 0 Å². The summed E-state index contributed by atoms with van der Waals surface area (Å²) in [5.74, 6) is -2.34. The fourth-order valence-electron chi connectivity index (χ4n) is 3.40. The molecule has 0 amide bonds. The van der Waals surface area contributed by atoms with Crippen LogP contribution in [0.5, 0.6) is 5.75 Å². The van der Waals surface area contributed by atoms with E-state index in [4.69, 9.17) is 14.2 Å². The Labute approximate surface area is 172 Å². The molecule has 1 aliphatic heterocycles. The van der Waals surface area contributed by atoms with E-state index < -0.39 is 18.1 Å². The summed E-state index contributed by atoms with van der Waals surface area (Å²) in [6, 6.07) is 23.1. The van der Waals surface area contributed by atoms with Gasteiger partial charge in [0.15, 0.2) is 0 Å². The molecule has 6 heteroatoms. The maximum Gasteiger partial charge on any atom is 0.460 e. The third-order valence-electron chi connectivity index (χ3n) is 4.84. The molecule has 1 fully saturated rings. The van der Waals surface area contributed by atoms with Crippen LogP contribution in [0.4, 0.5) is 13.2 Å². The smallest absolute Gasteiger partial charge is 0.460 e. The second-order valence-corrected chi connectivity index (χ2v) is 6.81. The quantitative estimate of drug-likeness (QED) is 0.508. The van der Waals surface area contributed by atoms with E-state index in [1.165, 1.54) is 31.4 Å². The van der Waals surface area contributed by atoms with Crippen molar-refractivity contribution in [3.63, 3.8) is 0 Å². The SMILES string of the molecule is COc1cccc(C2OC(c3ccccc3)(C(F)(F)F)O/C2=C\c2ccccc2)c1. The Morgan fingerprint density at radius 1 is 0.900 bits per heavy atom. The molecule has 0 N–H and O–H groups in total. The van der Waals surface area contributed by atoms with Crippen molar-refractivity contribution in [2.45, 2.75) is 18.1 Å². The summed E-state index contributed by atoms with van der Waals surface area (Å²) in [4.78, 5) is 0. The lowest BCUT2D eigenvalue weighted by Gasteiger charge is -2.30. The van der Waals surface area contributed by atoms with Crippen molar-refractivity contribution in [3.05, 3.63) is 107 Å². The van der Waals surface area contributed by atoms with Crippen LogP contribution in [-0.2, 0) is 15.3 Å². The van der Waals surface area contributed by atoms with E-state index >= 15 is 0 Å². The van der Waals surface area contributed by atoms with Crippen molar-refractivity contribution in [1.29, 1.82) is 0 Å². The van der Waals surface area contributed by atoms with Crippen LogP contribution in [-0.4, -0.2) is 13.3 Å². The van der Waals surface area contributed by atoms with E-state index in [0.717, 1.165) is 0 Å². The number of ether oxygens (including phenoxy) is 3. The van der Waals surface area contributed by atoms with Crippen molar-refractivity contribution >= 4 is 6.08 Å². The van der Waals surface area contributed by atoms with Gasteiger partial charge in [-0.2, -0.15) is 13.2 Å². The zero-order valence-electron chi connectivity index (χ0n) is 16.1. The summed E-state index contributed by atoms with van der Waals surface area (Å²) >= 11 is 0. The molecule has 2 unspecified atom stereocenters. The summed E-state index contributed by atoms with van der Waals surface area (Å²) in [6.07, 6.45) is -4.31. The van der Waals surface area contributed by atoms with Gasteiger partial charge < -0.3 is 14.2 Å². The van der Waals surface area contributed by atoms with Gasteiger partial charge >= 0.3 is 12.0 Å². The highest BCUT2D eigenvalue weighted by molar-refractivity contribution is 5.54. The van der Waals surface area contributed by atoms with Crippen LogP contribution in [0.2, 0.25) is 0 Å². The second kappa shape index (κ2) is 7.88. The van der Waals surface area contributed by atoms with Gasteiger partial charge in [-0.3, -0.25) is 0 Å². The fraction of sp³-hybridized carbons (Fsp3) is 0.167. The van der Waals surface area contributed by atoms with Crippen LogP contribution < -0.4 is 4.74 Å². The van der Waals surface area contributed by atoms with Gasteiger partial charge in [0.1, 0.15) is 17.6 Å². The van der Waals surface area contributed by atoms with Gasteiger partial charge in [0, 0.05) is 5.56 Å². The Bertz CT molecular complexity index is 1030. The van der Waals surface area contributed by atoms with Crippen LogP contribution in [0, 0.1) is 0 Å². The van der Waals surface area contributed by atoms with Crippen LogP contribution in [0.15, 0.2) is 90.7 Å². The predicted octanol–water partition coefficient (Wildman–Crippen LogP) is 6.24. The van der Waals surface area contributed by atoms with Crippen molar-refractivity contribution < 1.29 is 27.4 Å². The standard InChI is InChI=1S/C24H19F3O3/c1-28-20-14-8-11-18(16-20)22-21(15-17-9-4-2-5-10-17)29-23(30-22,24(25,26)27)19-12-6-3-7-13-19/h2-16,22H,1H3/b21-15-. The second-order valence-electron chi connectivity index (χ2n) is 6.81. The maximum absolute atomic E-state index is 14.3. The Morgan fingerprint density at radius 3 is 2.20 bits per heavy atom. The lowest BCUT2D eigenvalue weighted by atomic mass is 10.0. The minimum atomic E-state index is -4.81. The number of hydrogen-bond acceptors (Lipinski definition) is 3.